The summed E-state index contributed by atoms with van der Waals surface area (Å²) in [7, 11) is 0. The lowest BCUT2D eigenvalue weighted by Gasteiger charge is -2.36. The molecule has 1 aliphatic heterocycles. The number of benzene rings is 3. The van der Waals surface area contributed by atoms with Crippen LogP contribution in [-0.4, -0.2) is 37.4 Å². The average Bonchev–Trinajstić information content (AvgIpc) is 2.78. The van der Waals surface area contributed by atoms with E-state index in [4.69, 9.17) is 11.6 Å². The van der Waals surface area contributed by atoms with Crippen molar-refractivity contribution >= 4 is 23.4 Å². The first kappa shape index (κ1) is 23.0. The van der Waals surface area contributed by atoms with Crippen LogP contribution in [-0.2, 0) is 0 Å². The molecule has 3 nitrogen and oxygen atoms in total. The van der Waals surface area contributed by atoms with Gasteiger partial charge in [0.05, 0.1) is 6.04 Å². The third kappa shape index (κ3) is 5.98. The molecule has 32 heavy (non-hydrogen) atoms. The minimum Gasteiger partial charge on any atom is -0.406 e. The summed E-state index contributed by atoms with van der Waals surface area (Å²) in [6.45, 7) is 3.40. The maximum absolute atomic E-state index is 12.6. The van der Waals surface area contributed by atoms with Crippen LogP contribution in [0.15, 0.2) is 82.6 Å². The molecule has 0 saturated carbocycles. The lowest BCUT2D eigenvalue weighted by atomic mass is 9.96. The van der Waals surface area contributed by atoms with Gasteiger partial charge in [0.2, 0.25) is 0 Å². The second-order valence-corrected chi connectivity index (χ2v) is 8.95. The maximum Gasteiger partial charge on any atom is 0.573 e. The molecule has 0 aliphatic carbocycles. The molecule has 1 N–H and O–H groups in total. The minimum atomic E-state index is -4.71. The standard InChI is InChI=1S/C24H22ClF3N2OS/c25-18-7-11-20(12-8-18)32-22-4-2-1-3-21(22)23(30-15-13-29-14-16-30)17-5-9-19(10-6-17)31-24(26,27)28/h1-12,23,29H,13-16H2/t23-/m0/s1. The number of hydrogen-bond donors (Lipinski definition) is 1. The van der Waals surface area contributed by atoms with Gasteiger partial charge in [-0.3, -0.25) is 4.90 Å². The van der Waals surface area contributed by atoms with Crippen LogP contribution in [0.3, 0.4) is 0 Å². The topological polar surface area (TPSA) is 24.5 Å². The van der Waals surface area contributed by atoms with Gasteiger partial charge in [-0.25, -0.2) is 0 Å². The summed E-state index contributed by atoms with van der Waals surface area (Å²) in [5.41, 5.74) is 2.03. The Morgan fingerprint density at radius 1 is 0.906 bits per heavy atom. The molecular weight excluding hydrogens is 457 g/mol. The van der Waals surface area contributed by atoms with Gasteiger partial charge in [0, 0.05) is 41.0 Å². The second-order valence-electron chi connectivity index (χ2n) is 7.40. The zero-order valence-corrected chi connectivity index (χ0v) is 18.7. The van der Waals surface area contributed by atoms with Crippen LogP contribution in [0.5, 0.6) is 5.75 Å². The van der Waals surface area contributed by atoms with Crippen LogP contribution in [0.25, 0.3) is 0 Å². The molecule has 4 rings (SSSR count). The summed E-state index contributed by atoms with van der Waals surface area (Å²) in [4.78, 5) is 4.51. The van der Waals surface area contributed by atoms with Crippen LogP contribution in [0.4, 0.5) is 13.2 Å². The fourth-order valence-electron chi connectivity index (χ4n) is 3.81. The van der Waals surface area contributed by atoms with E-state index < -0.39 is 6.36 Å². The summed E-state index contributed by atoms with van der Waals surface area (Å²) >= 11 is 7.67. The largest absolute Gasteiger partial charge is 0.573 e. The van der Waals surface area contributed by atoms with E-state index in [1.165, 1.54) is 12.1 Å². The van der Waals surface area contributed by atoms with Gasteiger partial charge in [-0.05, 0) is 53.6 Å². The van der Waals surface area contributed by atoms with E-state index in [0.717, 1.165) is 47.1 Å². The van der Waals surface area contributed by atoms with E-state index in [9.17, 15) is 13.2 Å². The van der Waals surface area contributed by atoms with Crippen LogP contribution in [0.2, 0.25) is 5.02 Å². The SMILES string of the molecule is FC(F)(F)Oc1ccc([C@@H](c2ccccc2Sc2ccc(Cl)cc2)N2CCNCC2)cc1. The van der Waals surface area contributed by atoms with Gasteiger partial charge in [-0.15, -0.1) is 13.2 Å². The van der Waals surface area contributed by atoms with Gasteiger partial charge in [-0.2, -0.15) is 0 Å². The van der Waals surface area contributed by atoms with E-state index >= 15 is 0 Å². The Labute approximate surface area is 194 Å². The number of piperazine rings is 1. The van der Waals surface area contributed by atoms with E-state index in [1.807, 2.05) is 36.4 Å². The van der Waals surface area contributed by atoms with Gasteiger partial charge >= 0.3 is 6.36 Å². The summed E-state index contributed by atoms with van der Waals surface area (Å²) in [5.74, 6) is -0.218. The molecule has 3 aromatic carbocycles. The Morgan fingerprint density at radius 3 is 2.22 bits per heavy atom. The number of rotatable bonds is 6. The van der Waals surface area contributed by atoms with Gasteiger partial charge in [-0.1, -0.05) is 53.7 Å². The van der Waals surface area contributed by atoms with Crippen molar-refractivity contribution in [1.82, 2.24) is 10.2 Å². The molecule has 0 aromatic heterocycles. The number of nitrogens with one attached hydrogen (secondary N) is 1. The lowest BCUT2D eigenvalue weighted by molar-refractivity contribution is -0.274. The molecule has 1 fully saturated rings. The van der Waals surface area contributed by atoms with E-state index in [2.05, 4.69) is 27.1 Å². The molecule has 1 saturated heterocycles. The van der Waals surface area contributed by atoms with Gasteiger partial charge < -0.3 is 10.1 Å². The van der Waals surface area contributed by atoms with Crippen LogP contribution < -0.4 is 10.1 Å². The van der Waals surface area contributed by atoms with Crippen LogP contribution >= 0.6 is 23.4 Å². The molecule has 1 aliphatic rings. The highest BCUT2D eigenvalue weighted by Crippen LogP contribution is 2.39. The summed E-state index contributed by atoms with van der Waals surface area (Å²) in [6, 6.07) is 22.0. The van der Waals surface area contributed by atoms with Crippen LogP contribution in [0, 0.1) is 0 Å². The lowest BCUT2D eigenvalue weighted by Crippen LogP contribution is -2.45. The molecule has 0 unspecified atom stereocenters. The summed E-state index contributed by atoms with van der Waals surface area (Å²) in [5, 5.41) is 4.05. The van der Waals surface area contributed by atoms with E-state index in [1.54, 1.807) is 23.9 Å². The predicted octanol–water partition coefficient (Wildman–Crippen LogP) is 6.38. The van der Waals surface area contributed by atoms with Crippen molar-refractivity contribution in [1.29, 1.82) is 0 Å². The number of halogens is 4. The fourth-order valence-corrected chi connectivity index (χ4v) is 4.90. The Morgan fingerprint density at radius 2 is 1.56 bits per heavy atom. The van der Waals surface area contributed by atoms with Gasteiger partial charge in [0.15, 0.2) is 0 Å². The van der Waals surface area contributed by atoms with Crippen molar-refractivity contribution in [3.8, 4) is 5.75 Å². The first-order chi connectivity index (χ1) is 15.4. The van der Waals surface area contributed by atoms with E-state index in [0.29, 0.717) is 5.02 Å². The van der Waals surface area contributed by atoms with Gasteiger partial charge in [0.1, 0.15) is 5.75 Å². The quantitative estimate of drug-likeness (QED) is 0.444. The van der Waals surface area contributed by atoms with Crippen molar-refractivity contribution in [3.63, 3.8) is 0 Å². The average molecular weight is 479 g/mol. The molecule has 0 spiro atoms. The van der Waals surface area contributed by atoms with E-state index in [-0.39, 0.29) is 11.8 Å². The number of nitrogens with zero attached hydrogens (tertiary/aromatic N) is 1. The van der Waals surface area contributed by atoms with Crippen molar-refractivity contribution < 1.29 is 17.9 Å². The zero-order valence-electron chi connectivity index (χ0n) is 17.1. The molecule has 168 valence electrons. The number of ether oxygens (including phenoxy) is 1. The summed E-state index contributed by atoms with van der Waals surface area (Å²) < 4.78 is 41.8. The summed E-state index contributed by atoms with van der Waals surface area (Å²) in [6.07, 6.45) is -4.71. The molecule has 1 atom stereocenters. The Kier molecular flexibility index (Phi) is 7.30. The highest BCUT2D eigenvalue weighted by molar-refractivity contribution is 7.99. The molecular formula is C24H22ClF3N2OS. The first-order valence-corrected chi connectivity index (χ1v) is 11.4. The number of hydrogen-bond acceptors (Lipinski definition) is 4. The predicted molar refractivity (Wildman–Crippen MR) is 121 cm³/mol. The Bertz CT molecular complexity index is 1020. The Hall–Kier alpha value is -2.19. The van der Waals surface area contributed by atoms with Crippen molar-refractivity contribution in [2.45, 2.75) is 22.2 Å². The molecule has 0 radical (unpaired) electrons. The van der Waals surface area contributed by atoms with Crippen molar-refractivity contribution in [2.24, 2.45) is 0 Å². The van der Waals surface area contributed by atoms with Gasteiger partial charge in [0.25, 0.3) is 0 Å². The highest BCUT2D eigenvalue weighted by Gasteiger charge is 2.31. The zero-order chi connectivity index (χ0) is 22.6. The fraction of sp³-hybridized carbons (Fsp3) is 0.250. The third-order valence-corrected chi connectivity index (χ3v) is 6.55. The molecule has 0 bridgehead atoms. The monoisotopic (exact) mass is 478 g/mol. The number of alkyl halides is 3. The van der Waals surface area contributed by atoms with Crippen LogP contribution in [0.1, 0.15) is 17.2 Å². The third-order valence-electron chi connectivity index (χ3n) is 5.20. The smallest absolute Gasteiger partial charge is 0.406 e. The molecule has 8 heteroatoms. The molecule has 3 aromatic rings. The second kappa shape index (κ2) is 10.2. The minimum absolute atomic E-state index is 0.0898. The first-order valence-electron chi connectivity index (χ1n) is 10.2. The molecule has 0 amide bonds. The normalized spacial score (nSPS) is 16.0. The van der Waals surface area contributed by atoms with Crippen molar-refractivity contribution in [2.75, 3.05) is 26.2 Å². The highest BCUT2D eigenvalue weighted by atomic mass is 35.5. The van der Waals surface area contributed by atoms with Crippen molar-refractivity contribution in [3.05, 3.63) is 88.9 Å². The molecule has 1 heterocycles. The maximum atomic E-state index is 12.6. The Balaban J connectivity index is 1.69.